The highest BCUT2D eigenvalue weighted by Crippen LogP contribution is 2.42. The van der Waals surface area contributed by atoms with Crippen LogP contribution in [0.4, 0.5) is 0 Å². The first-order valence-electron chi connectivity index (χ1n) is 10.5. The molecule has 0 aliphatic carbocycles. The summed E-state index contributed by atoms with van der Waals surface area (Å²) in [6.45, 7) is 4.83. The summed E-state index contributed by atoms with van der Waals surface area (Å²) in [7, 11) is 1.70. The van der Waals surface area contributed by atoms with E-state index in [0.29, 0.717) is 31.2 Å². The maximum absolute atomic E-state index is 12.0. The Bertz CT molecular complexity index is 791. The highest BCUT2D eigenvalue weighted by Gasteiger charge is 2.41. The predicted octanol–water partition coefficient (Wildman–Crippen LogP) is 4.56. The molecule has 1 fully saturated rings. The predicted molar refractivity (Wildman–Crippen MR) is 118 cm³/mol. The summed E-state index contributed by atoms with van der Waals surface area (Å²) < 4.78 is 11.2. The van der Waals surface area contributed by atoms with Crippen molar-refractivity contribution in [2.75, 3.05) is 33.4 Å². The van der Waals surface area contributed by atoms with Crippen molar-refractivity contribution in [2.45, 2.75) is 44.3 Å². The first-order valence-corrected chi connectivity index (χ1v) is 10.9. The van der Waals surface area contributed by atoms with Crippen molar-refractivity contribution in [1.82, 2.24) is 5.32 Å². The van der Waals surface area contributed by atoms with Crippen LogP contribution in [-0.4, -0.2) is 44.6 Å². The first kappa shape index (κ1) is 22.3. The molecule has 1 saturated heterocycles. The topological polar surface area (TPSA) is 50.7 Å². The largest absolute Gasteiger partial charge is 0.385 e. The molecule has 0 aromatic heterocycles. The van der Waals surface area contributed by atoms with Gasteiger partial charge in [-0.25, -0.2) is 0 Å². The van der Waals surface area contributed by atoms with E-state index in [9.17, 15) is 5.11 Å². The fourth-order valence-corrected chi connectivity index (χ4v) is 4.39. The molecule has 1 aliphatic rings. The summed E-state index contributed by atoms with van der Waals surface area (Å²) in [5.74, 6) is 0. The van der Waals surface area contributed by atoms with Gasteiger partial charge in [-0.3, -0.25) is 0 Å². The van der Waals surface area contributed by atoms with E-state index in [1.807, 2.05) is 18.2 Å². The van der Waals surface area contributed by atoms with Gasteiger partial charge >= 0.3 is 0 Å². The lowest BCUT2D eigenvalue weighted by Crippen LogP contribution is -2.51. The molecule has 1 heterocycles. The smallest absolute Gasteiger partial charge is 0.118 e. The van der Waals surface area contributed by atoms with Gasteiger partial charge < -0.3 is 19.9 Å². The van der Waals surface area contributed by atoms with Gasteiger partial charge in [-0.2, -0.15) is 0 Å². The molecule has 2 aromatic carbocycles. The minimum atomic E-state index is -1.14. The fraction of sp³-hybridized carbons (Fsp3) is 0.500. The SMILES string of the molecule is CCc1cccc(-c2c(Cl)cccc2C(O)(CCCCOC)[C@H]2CNCCO2)c1. The number of aliphatic hydroxyl groups is 1. The Hall–Kier alpha value is -1.43. The third-order valence-corrected chi connectivity index (χ3v) is 6.04. The van der Waals surface area contributed by atoms with Crippen molar-refractivity contribution in [3.05, 3.63) is 58.6 Å². The number of methoxy groups -OCH3 is 1. The molecule has 2 N–H and O–H groups in total. The number of rotatable bonds is 9. The number of morpholine rings is 1. The maximum Gasteiger partial charge on any atom is 0.118 e. The quantitative estimate of drug-likeness (QED) is 0.587. The molecule has 3 rings (SSSR count). The Labute approximate surface area is 179 Å². The van der Waals surface area contributed by atoms with Gasteiger partial charge in [0.15, 0.2) is 0 Å². The lowest BCUT2D eigenvalue weighted by Gasteiger charge is -2.40. The van der Waals surface area contributed by atoms with E-state index in [1.54, 1.807) is 7.11 Å². The monoisotopic (exact) mass is 417 g/mol. The van der Waals surface area contributed by atoms with E-state index in [2.05, 4.69) is 36.5 Å². The number of hydrogen-bond acceptors (Lipinski definition) is 4. The van der Waals surface area contributed by atoms with Crippen molar-refractivity contribution in [2.24, 2.45) is 0 Å². The Morgan fingerprint density at radius 1 is 1.24 bits per heavy atom. The van der Waals surface area contributed by atoms with Crippen LogP contribution in [0, 0.1) is 0 Å². The van der Waals surface area contributed by atoms with Crippen molar-refractivity contribution in [1.29, 1.82) is 0 Å². The van der Waals surface area contributed by atoms with Crippen molar-refractivity contribution in [3.8, 4) is 11.1 Å². The van der Waals surface area contributed by atoms with Crippen LogP contribution in [0.2, 0.25) is 5.02 Å². The Kier molecular flexibility index (Phi) is 8.10. The van der Waals surface area contributed by atoms with Gasteiger partial charge in [0, 0.05) is 37.4 Å². The lowest BCUT2D eigenvalue weighted by molar-refractivity contribution is -0.129. The molecule has 1 aliphatic heterocycles. The Balaban J connectivity index is 2.05. The van der Waals surface area contributed by atoms with Crippen molar-refractivity contribution < 1.29 is 14.6 Å². The molecule has 0 saturated carbocycles. The van der Waals surface area contributed by atoms with Crippen molar-refractivity contribution >= 4 is 11.6 Å². The average molecular weight is 418 g/mol. The van der Waals surface area contributed by atoms with Crippen LogP contribution in [-0.2, 0) is 21.5 Å². The van der Waals surface area contributed by atoms with E-state index in [0.717, 1.165) is 42.5 Å². The fourth-order valence-electron chi connectivity index (χ4n) is 4.11. The number of benzene rings is 2. The molecule has 158 valence electrons. The highest BCUT2D eigenvalue weighted by atomic mass is 35.5. The minimum Gasteiger partial charge on any atom is -0.385 e. The third-order valence-electron chi connectivity index (χ3n) is 5.72. The number of aryl methyl sites for hydroxylation is 1. The standard InChI is InChI=1S/C24H32ClNO3/c1-3-18-8-6-9-19(16-18)23-20(10-7-11-21(23)25)24(27,12-4-5-14-28-2)22-17-26-13-15-29-22/h6-11,16,22,26-27H,3-5,12-15,17H2,1-2H3/t22-,24?/m1/s1. The molecule has 29 heavy (non-hydrogen) atoms. The number of ether oxygens (including phenoxy) is 2. The summed E-state index contributed by atoms with van der Waals surface area (Å²) in [5, 5.41) is 16.0. The number of unbranched alkanes of at least 4 members (excludes halogenated alkanes) is 1. The zero-order chi connectivity index (χ0) is 20.7. The molecule has 0 radical (unpaired) electrons. The number of nitrogens with one attached hydrogen (secondary N) is 1. The van der Waals surface area contributed by atoms with Crippen LogP contribution < -0.4 is 5.32 Å². The van der Waals surface area contributed by atoms with Crippen molar-refractivity contribution in [3.63, 3.8) is 0 Å². The van der Waals surface area contributed by atoms with Gasteiger partial charge in [0.1, 0.15) is 11.7 Å². The van der Waals surface area contributed by atoms with E-state index in [4.69, 9.17) is 21.1 Å². The minimum absolute atomic E-state index is 0.328. The summed E-state index contributed by atoms with van der Waals surface area (Å²) >= 11 is 6.70. The van der Waals surface area contributed by atoms with E-state index < -0.39 is 5.60 Å². The molecule has 1 unspecified atom stereocenters. The number of halogens is 1. The van der Waals surface area contributed by atoms with Crippen LogP contribution >= 0.6 is 11.6 Å². The Morgan fingerprint density at radius 3 is 2.79 bits per heavy atom. The normalized spacial score (nSPS) is 19.1. The second-order valence-electron chi connectivity index (χ2n) is 7.65. The zero-order valence-corrected chi connectivity index (χ0v) is 18.2. The van der Waals surface area contributed by atoms with Crippen LogP contribution in [0.25, 0.3) is 11.1 Å². The lowest BCUT2D eigenvalue weighted by atomic mass is 9.79. The van der Waals surface area contributed by atoms with Gasteiger partial charge in [-0.1, -0.05) is 54.9 Å². The average Bonchev–Trinajstić information content (AvgIpc) is 2.77. The molecule has 2 aromatic rings. The van der Waals surface area contributed by atoms with Gasteiger partial charge in [0.2, 0.25) is 0 Å². The molecule has 5 heteroatoms. The summed E-state index contributed by atoms with van der Waals surface area (Å²) in [4.78, 5) is 0. The summed E-state index contributed by atoms with van der Waals surface area (Å²) in [6, 6.07) is 14.2. The highest BCUT2D eigenvalue weighted by molar-refractivity contribution is 6.33. The van der Waals surface area contributed by atoms with Gasteiger partial charge in [0.25, 0.3) is 0 Å². The number of hydrogen-bond donors (Lipinski definition) is 2. The molecule has 0 spiro atoms. The second-order valence-corrected chi connectivity index (χ2v) is 8.06. The van der Waals surface area contributed by atoms with Crippen LogP contribution in [0.3, 0.4) is 0 Å². The molecule has 2 atom stereocenters. The molecular weight excluding hydrogens is 386 g/mol. The van der Waals surface area contributed by atoms with Crippen LogP contribution in [0.15, 0.2) is 42.5 Å². The molecular formula is C24H32ClNO3. The molecule has 0 amide bonds. The van der Waals surface area contributed by atoms with Gasteiger partial charge in [0.05, 0.1) is 6.61 Å². The van der Waals surface area contributed by atoms with Gasteiger partial charge in [-0.15, -0.1) is 0 Å². The van der Waals surface area contributed by atoms with Gasteiger partial charge in [-0.05, 0) is 48.4 Å². The third kappa shape index (κ3) is 5.19. The van der Waals surface area contributed by atoms with E-state index >= 15 is 0 Å². The van der Waals surface area contributed by atoms with Crippen LogP contribution in [0.1, 0.15) is 37.3 Å². The first-order chi connectivity index (χ1) is 14.1. The van der Waals surface area contributed by atoms with E-state index in [1.165, 1.54) is 5.56 Å². The summed E-state index contributed by atoms with van der Waals surface area (Å²) in [6.07, 6.45) is 2.93. The zero-order valence-electron chi connectivity index (χ0n) is 17.4. The Morgan fingerprint density at radius 2 is 2.07 bits per heavy atom. The second kappa shape index (κ2) is 10.6. The van der Waals surface area contributed by atoms with Crippen LogP contribution in [0.5, 0.6) is 0 Å². The van der Waals surface area contributed by atoms with E-state index in [-0.39, 0.29) is 6.10 Å². The molecule has 0 bridgehead atoms. The summed E-state index contributed by atoms with van der Waals surface area (Å²) in [5.41, 5.74) is 2.87. The maximum atomic E-state index is 12.0. The molecule has 4 nitrogen and oxygen atoms in total.